The maximum Gasteiger partial charge on any atom is 0.306 e. The molecule has 3 N–H and O–H groups in total. The Balaban J connectivity index is 2.08. The van der Waals surface area contributed by atoms with Gasteiger partial charge in [0.15, 0.2) is 0 Å². The number of rotatable bonds is 4. The molecular weight excluding hydrogens is 332 g/mol. The van der Waals surface area contributed by atoms with Crippen LogP contribution in [0.4, 0.5) is 11.4 Å². The molecule has 1 fully saturated rings. The molecule has 2 amide bonds. The number of aliphatic carboxylic acids is 1. The van der Waals surface area contributed by atoms with Crippen LogP contribution in [-0.4, -0.2) is 22.9 Å². The van der Waals surface area contributed by atoms with Crippen LogP contribution in [0.15, 0.2) is 18.2 Å². The van der Waals surface area contributed by atoms with Crippen LogP contribution >= 0.6 is 0 Å². The van der Waals surface area contributed by atoms with Crippen LogP contribution < -0.4 is 10.6 Å². The number of carboxylic acid groups (broad SMARTS) is 1. The molecule has 0 spiro atoms. The molecule has 2 rings (SSSR count). The van der Waals surface area contributed by atoms with Crippen molar-refractivity contribution in [1.82, 2.24) is 0 Å². The Morgan fingerprint density at radius 2 is 1.73 bits per heavy atom. The van der Waals surface area contributed by atoms with Gasteiger partial charge in [0.25, 0.3) is 0 Å². The first-order chi connectivity index (χ1) is 12.1. The zero-order chi connectivity index (χ0) is 19.5. The maximum absolute atomic E-state index is 12.6. The Morgan fingerprint density at radius 3 is 2.35 bits per heavy atom. The highest BCUT2D eigenvalue weighted by Gasteiger charge is 2.31. The highest BCUT2D eigenvalue weighted by Crippen LogP contribution is 2.31. The first-order valence-electron chi connectivity index (χ1n) is 9.03. The summed E-state index contributed by atoms with van der Waals surface area (Å²) in [5.41, 5.74) is 1.64. The molecular formula is C20H28N2O4. The number of hydrogen-bond donors (Lipinski definition) is 3. The lowest BCUT2D eigenvalue weighted by atomic mass is 9.81. The summed E-state index contributed by atoms with van der Waals surface area (Å²) in [7, 11) is 0. The fraction of sp³-hybridized carbons (Fsp3) is 0.550. The number of amides is 2. The Kier molecular flexibility index (Phi) is 6.05. The molecule has 2 atom stereocenters. The van der Waals surface area contributed by atoms with E-state index >= 15 is 0 Å². The van der Waals surface area contributed by atoms with Gasteiger partial charge in [0, 0.05) is 22.7 Å². The molecule has 1 aromatic rings. The maximum atomic E-state index is 12.6. The standard InChI is InChI=1S/C20H28N2O4/c1-12-8-9-15(21-19(26)20(2,3)4)11-16(12)22-17(23)13-6-5-7-14(10-13)18(24)25/h8-9,11,13-14H,5-7,10H2,1-4H3,(H,21,26)(H,22,23)(H,24,25). The van der Waals surface area contributed by atoms with E-state index in [0.29, 0.717) is 30.6 Å². The van der Waals surface area contributed by atoms with Crippen molar-refractivity contribution in [2.24, 2.45) is 17.3 Å². The van der Waals surface area contributed by atoms with Crippen LogP contribution in [0.2, 0.25) is 0 Å². The van der Waals surface area contributed by atoms with Crippen molar-refractivity contribution in [3.05, 3.63) is 23.8 Å². The van der Waals surface area contributed by atoms with Gasteiger partial charge in [-0.1, -0.05) is 33.3 Å². The highest BCUT2D eigenvalue weighted by molar-refractivity contribution is 5.97. The fourth-order valence-electron chi connectivity index (χ4n) is 3.04. The van der Waals surface area contributed by atoms with E-state index in [9.17, 15) is 19.5 Å². The lowest BCUT2D eigenvalue weighted by Gasteiger charge is -2.26. The summed E-state index contributed by atoms with van der Waals surface area (Å²) in [4.78, 5) is 35.9. The fourth-order valence-corrected chi connectivity index (χ4v) is 3.04. The third-order valence-corrected chi connectivity index (χ3v) is 4.83. The summed E-state index contributed by atoms with van der Waals surface area (Å²) in [6.07, 6.45) is 2.46. The van der Waals surface area contributed by atoms with Crippen molar-refractivity contribution in [3.63, 3.8) is 0 Å². The normalized spacial score (nSPS) is 20.3. The summed E-state index contributed by atoms with van der Waals surface area (Å²) in [5.74, 6) is -1.82. The molecule has 142 valence electrons. The summed E-state index contributed by atoms with van der Waals surface area (Å²) in [6, 6.07) is 5.39. The van der Waals surface area contributed by atoms with Crippen molar-refractivity contribution in [1.29, 1.82) is 0 Å². The topological polar surface area (TPSA) is 95.5 Å². The van der Waals surface area contributed by atoms with Gasteiger partial charge in [0.1, 0.15) is 0 Å². The minimum Gasteiger partial charge on any atom is -0.481 e. The molecule has 26 heavy (non-hydrogen) atoms. The Bertz CT molecular complexity index is 706. The number of hydrogen-bond acceptors (Lipinski definition) is 3. The minimum absolute atomic E-state index is 0.102. The minimum atomic E-state index is -0.828. The Hall–Kier alpha value is -2.37. The van der Waals surface area contributed by atoms with Gasteiger partial charge >= 0.3 is 5.97 Å². The van der Waals surface area contributed by atoms with Gasteiger partial charge in [0.05, 0.1) is 5.92 Å². The van der Waals surface area contributed by atoms with Crippen LogP contribution in [0, 0.1) is 24.2 Å². The third-order valence-electron chi connectivity index (χ3n) is 4.83. The van der Waals surface area contributed by atoms with Crippen molar-refractivity contribution < 1.29 is 19.5 Å². The Morgan fingerprint density at radius 1 is 1.08 bits per heavy atom. The van der Waals surface area contributed by atoms with E-state index in [4.69, 9.17) is 0 Å². The average Bonchev–Trinajstić information content (AvgIpc) is 2.57. The number of aryl methyl sites for hydroxylation is 1. The molecule has 1 saturated carbocycles. The number of carboxylic acids is 1. The van der Waals surface area contributed by atoms with Gasteiger partial charge in [-0.05, 0) is 43.9 Å². The molecule has 0 saturated heterocycles. The summed E-state index contributed by atoms with van der Waals surface area (Å²) in [5, 5.41) is 15.0. The molecule has 2 unspecified atom stereocenters. The Labute approximate surface area is 154 Å². The SMILES string of the molecule is Cc1ccc(NC(=O)C(C)(C)C)cc1NC(=O)C1CCCC(C(=O)O)C1. The highest BCUT2D eigenvalue weighted by atomic mass is 16.4. The largest absolute Gasteiger partial charge is 0.481 e. The average molecular weight is 360 g/mol. The first-order valence-corrected chi connectivity index (χ1v) is 9.03. The van der Waals surface area contributed by atoms with Crippen molar-refractivity contribution in [2.45, 2.75) is 53.4 Å². The summed E-state index contributed by atoms with van der Waals surface area (Å²) < 4.78 is 0. The van der Waals surface area contributed by atoms with Gasteiger partial charge in [-0.3, -0.25) is 14.4 Å². The van der Waals surface area contributed by atoms with Crippen molar-refractivity contribution >= 4 is 29.2 Å². The molecule has 0 heterocycles. The molecule has 0 radical (unpaired) electrons. The summed E-state index contributed by atoms with van der Waals surface area (Å²) >= 11 is 0. The first kappa shape index (κ1) is 19.9. The predicted octanol–water partition coefficient (Wildman–Crippen LogP) is 3.81. The smallest absolute Gasteiger partial charge is 0.306 e. The molecule has 6 heteroatoms. The quantitative estimate of drug-likeness (QED) is 0.761. The molecule has 0 bridgehead atoms. The molecule has 6 nitrogen and oxygen atoms in total. The van der Waals surface area contributed by atoms with Crippen LogP contribution in [-0.2, 0) is 14.4 Å². The monoisotopic (exact) mass is 360 g/mol. The van der Waals surface area contributed by atoms with Crippen LogP contribution in [0.1, 0.15) is 52.0 Å². The van der Waals surface area contributed by atoms with Gasteiger partial charge in [-0.15, -0.1) is 0 Å². The van der Waals surface area contributed by atoms with E-state index in [1.165, 1.54) is 0 Å². The third kappa shape index (κ3) is 5.07. The molecule has 1 aliphatic rings. The second kappa shape index (κ2) is 7.89. The van der Waals surface area contributed by atoms with E-state index < -0.39 is 17.3 Å². The number of nitrogens with one attached hydrogen (secondary N) is 2. The zero-order valence-electron chi connectivity index (χ0n) is 15.9. The molecule has 0 aliphatic heterocycles. The van der Waals surface area contributed by atoms with E-state index in [1.54, 1.807) is 12.1 Å². The number of anilines is 2. The molecule has 1 aliphatic carbocycles. The lowest BCUT2D eigenvalue weighted by Crippen LogP contribution is -2.31. The van der Waals surface area contributed by atoms with Gasteiger partial charge in [-0.25, -0.2) is 0 Å². The number of carbonyl (C=O) groups is 3. The van der Waals surface area contributed by atoms with Gasteiger partial charge in [-0.2, -0.15) is 0 Å². The molecule has 1 aromatic carbocycles. The second-order valence-electron chi connectivity index (χ2n) is 8.12. The predicted molar refractivity (Wildman–Crippen MR) is 101 cm³/mol. The van der Waals surface area contributed by atoms with E-state index in [-0.39, 0.29) is 17.7 Å². The van der Waals surface area contributed by atoms with E-state index in [1.807, 2.05) is 33.8 Å². The van der Waals surface area contributed by atoms with Gasteiger partial charge < -0.3 is 15.7 Å². The summed E-state index contributed by atoms with van der Waals surface area (Å²) in [6.45, 7) is 7.38. The number of carbonyl (C=O) groups excluding carboxylic acids is 2. The zero-order valence-corrected chi connectivity index (χ0v) is 15.9. The second-order valence-corrected chi connectivity index (χ2v) is 8.12. The lowest BCUT2D eigenvalue weighted by molar-refractivity contribution is -0.143. The molecule has 0 aromatic heterocycles. The van der Waals surface area contributed by atoms with Crippen LogP contribution in [0.5, 0.6) is 0 Å². The number of benzene rings is 1. The van der Waals surface area contributed by atoms with Crippen LogP contribution in [0.25, 0.3) is 0 Å². The van der Waals surface area contributed by atoms with E-state index in [2.05, 4.69) is 10.6 Å². The van der Waals surface area contributed by atoms with E-state index in [0.717, 1.165) is 12.0 Å². The van der Waals surface area contributed by atoms with Crippen LogP contribution in [0.3, 0.4) is 0 Å². The van der Waals surface area contributed by atoms with Crippen molar-refractivity contribution in [2.75, 3.05) is 10.6 Å². The van der Waals surface area contributed by atoms with Gasteiger partial charge in [0.2, 0.25) is 11.8 Å². The van der Waals surface area contributed by atoms with Crippen molar-refractivity contribution in [3.8, 4) is 0 Å².